The van der Waals surface area contributed by atoms with Crippen molar-refractivity contribution in [1.82, 2.24) is 10.2 Å². The van der Waals surface area contributed by atoms with Gasteiger partial charge in [0.25, 0.3) is 0 Å². The number of unbranched alkanes of at least 4 members (excludes halogenated alkanes) is 1. The van der Waals surface area contributed by atoms with E-state index >= 15 is 0 Å². The Morgan fingerprint density at radius 1 is 1.21 bits per heavy atom. The SMILES string of the molecule is CCCCOC(=O)C1CSC(c2ccccc2)N1C(=O)CNC(=O)OC(C)(C)C. The van der Waals surface area contributed by atoms with Crippen LogP contribution in [-0.4, -0.2) is 53.4 Å². The summed E-state index contributed by atoms with van der Waals surface area (Å²) in [6, 6.07) is 8.84. The van der Waals surface area contributed by atoms with E-state index in [1.807, 2.05) is 37.3 Å². The second kappa shape index (κ2) is 10.5. The molecule has 29 heavy (non-hydrogen) atoms. The number of carbonyl (C=O) groups excluding carboxylic acids is 3. The molecule has 160 valence electrons. The van der Waals surface area contributed by atoms with Gasteiger partial charge in [0.1, 0.15) is 23.6 Å². The van der Waals surface area contributed by atoms with Crippen molar-refractivity contribution in [3.63, 3.8) is 0 Å². The van der Waals surface area contributed by atoms with E-state index in [1.54, 1.807) is 20.8 Å². The van der Waals surface area contributed by atoms with Gasteiger partial charge in [-0.3, -0.25) is 4.79 Å². The maximum absolute atomic E-state index is 13.0. The number of nitrogens with one attached hydrogen (secondary N) is 1. The summed E-state index contributed by atoms with van der Waals surface area (Å²) in [6.07, 6.45) is 1.03. The van der Waals surface area contributed by atoms with E-state index in [2.05, 4.69) is 5.32 Å². The third-order valence-corrected chi connectivity index (χ3v) is 5.49. The van der Waals surface area contributed by atoms with E-state index < -0.39 is 23.7 Å². The number of benzene rings is 1. The highest BCUT2D eigenvalue weighted by molar-refractivity contribution is 7.99. The molecule has 1 aliphatic heterocycles. The Hall–Kier alpha value is -2.22. The van der Waals surface area contributed by atoms with E-state index in [1.165, 1.54) is 16.7 Å². The van der Waals surface area contributed by atoms with Crippen molar-refractivity contribution in [1.29, 1.82) is 0 Å². The highest BCUT2D eigenvalue weighted by Gasteiger charge is 2.43. The molecule has 0 aromatic heterocycles. The third-order valence-electron chi connectivity index (χ3n) is 4.17. The van der Waals surface area contributed by atoms with Gasteiger partial charge in [-0.1, -0.05) is 43.7 Å². The van der Waals surface area contributed by atoms with Gasteiger partial charge in [-0.15, -0.1) is 11.8 Å². The van der Waals surface area contributed by atoms with Gasteiger partial charge >= 0.3 is 12.1 Å². The third kappa shape index (κ3) is 6.96. The molecule has 0 radical (unpaired) electrons. The van der Waals surface area contributed by atoms with E-state index in [4.69, 9.17) is 9.47 Å². The topological polar surface area (TPSA) is 84.9 Å². The van der Waals surface area contributed by atoms with Crippen LogP contribution in [0.4, 0.5) is 4.79 Å². The Balaban J connectivity index is 2.11. The Morgan fingerprint density at radius 2 is 1.90 bits per heavy atom. The molecule has 0 aliphatic carbocycles. The molecule has 1 N–H and O–H groups in total. The van der Waals surface area contributed by atoms with Crippen molar-refractivity contribution in [2.45, 2.75) is 57.6 Å². The summed E-state index contributed by atoms with van der Waals surface area (Å²) in [5.74, 6) is -0.315. The molecule has 0 bridgehead atoms. The maximum Gasteiger partial charge on any atom is 0.408 e. The zero-order chi connectivity index (χ0) is 21.4. The minimum Gasteiger partial charge on any atom is -0.464 e. The van der Waals surface area contributed by atoms with E-state index in [0.29, 0.717) is 12.4 Å². The summed E-state index contributed by atoms with van der Waals surface area (Å²) < 4.78 is 10.5. The number of alkyl carbamates (subject to hydrolysis) is 1. The molecule has 2 atom stereocenters. The van der Waals surface area contributed by atoms with Gasteiger partial charge < -0.3 is 19.7 Å². The lowest BCUT2D eigenvalue weighted by Crippen LogP contribution is -2.48. The summed E-state index contributed by atoms with van der Waals surface area (Å²) in [5, 5.41) is 2.17. The Kier molecular flexibility index (Phi) is 8.37. The zero-order valence-corrected chi connectivity index (χ0v) is 18.3. The maximum atomic E-state index is 13.0. The second-order valence-corrected chi connectivity index (χ2v) is 8.90. The van der Waals surface area contributed by atoms with Crippen LogP contribution in [-0.2, 0) is 19.1 Å². The molecular formula is C21H30N2O5S. The zero-order valence-electron chi connectivity index (χ0n) is 17.5. The van der Waals surface area contributed by atoms with Gasteiger partial charge in [-0.2, -0.15) is 0 Å². The van der Waals surface area contributed by atoms with Crippen LogP contribution in [0.25, 0.3) is 0 Å². The highest BCUT2D eigenvalue weighted by atomic mass is 32.2. The normalized spacial score (nSPS) is 19.0. The van der Waals surface area contributed by atoms with E-state index in [9.17, 15) is 14.4 Å². The lowest BCUT2D eigenvalue weighted by Gasteiger charge is -2.29. The Bertz CT molecular complexity index is 705. The summed E-state index contributed by atoms with van der Waals surface area (Å²) in [4.78, 5) is 39.0. The molecule has 7 nitrogen and oxygen atoms in total. The largest absolute Gasteiger partial charge is 0.464 e. The highest BCUT2D eigenvalue weighted by Crippen LogP contribution is 2.41. The average Bonchev–Trinajstić information content (AvgIpc) is 3.11. The number of thioether (sulfide) groups is 1. The van der Waals surface area contributed by atoms with Gasteiger partial charge in [0.15, 0.2) is 0 Å². The first kappa shape index (κ1) is 23.1. The fraction of sp³-hybridized carbons (Fsp3) is 0.571. The van der Waals surface area contributed by atoms with Gasteiger partial charge in [0.2, 0.25) is 5.91 Å². The van der Waals surface area contributed by atoms with Crippen LogP contribution in [0.1, 0.15) is 51.5 Å². The van der Waals surface area contributed by atoms with Crippen molar-refractivity contribution in [3.05, 3.63) is 35.9 Å². The van der Waals surface area contributed by atoms with Crippen LogP contribution in [0, 0.1) is 0 Å². The second-order valence-electron chi connectivity index (χ2n) is 7.79. The summed E-state index contributed by atoms with van der Waals surface area (Å²) in [7, 11) is 0. The van der Waals surface area contributed by atoms with E-state index in [-0.39, 0.29) is 17.8 Å². The van der Waals surface area contributed by atoms with Gasteiger partial charge in [0.05, 0.1) is 6.61 Å². The number of rotatable bonds is 7. The van der Waals surface area contributed by atoms with Crippen LogP contribution < -0.4 is 5.32 Å². The van der Waals surface area contributed by atoms with Crippen LogP contribution in [0.2, 0.25) is 0 Å². The summed E-state index contributed by atoms with van der Waals surface area (Å²) in [5.41, 5.74) is 0.265. The fourth-order valence-electron chi connectivity index (χ4n) is 2.83. The predicted octanol–water partition coefficient (Wildman–Crippen LogP) is 3.50. The minimum atomic E-state index is -0.685. The van der Waals surface area contributed by atoms with Crippen LogP contribution in [0.5, 0.6) is 0 Å². The fourth-order valence-corrected chi connectivity index (χ4v) is 4.27. The molecule has 2 amide bonds. The lowest BCUT2D eigenvalue weighted by molar-refractivity contribution is -0.154. The average molecular weight is 423 g/mol. The molecule has 1 saturated heterocycles. The van der Waals surface area contributed by atoms with Gasteiger partial charge in [-0.05, 0) is 32.8 Å². The smallest absolute Gasteiger partial charge is 0.408 e. The predicted molar refractivity (Wildman–Crippen MR) is 112 cm³/mol. The molecule has 2 unspecified atom stereocenters. The number of hydrogen-bond acceptors (Lipinski definition) is 6. The number of amides is 2. The summed E-state index contributed by atoms with van der Waals surface area (Å²) in [6.45, 7) is 7.35. The molecule has 0 spiro atoms. The standard InChI is InChI=1S/C21H30N2O5S/c1-5-6-12-27-19(25)16-14-29-18(15-10-8-7-9-11-15)23(16)17(24)13-22-20(26)28-21(2,3)4/h7-11,16,18H,5-6,12-14H2,1-4H3,(H,22,26). The van der Waals surface area contributed by atoms with Crippen molar-refractivity contribution in [2.24, 2.45) is 0 Å². The van der Waals surface area contributed by atoms with Crippen molar-refractivity contribution in [3.8, 4) is 0 Å². The molecule has 1 aliphatic rings. The number of ether oxygens (including phenoxy) is 2. The van der Waals surface area contributed by atoms with Crippen LogP contribution >= 0.6 is 11.8 Å². The quantitative estimate of drug-likeness (QED) is 0.535. The number of carbonyl (C=O) groups is 3. The lowest BCUT2D eigenvalue weighted by atomic mass is 10.1. The minimum absolute atomic E-state index is 0.252. The Labute approximate surface area is 176 Å². The molecule has 1 aromatic carbocycles. The van der Waals surface area contributed by atoms with Crippen molar-refractivity contribution < 1.29 is 23.9 Å². The number of esters is 1. The molecular weight excluding hydrogens is 392 g/mol. The monoisotopic (exact) mass is 422 g/mol. The van der Waals surface area contributed by atoms with Crippen LogP contribution in [0.3, 0.4) is 0 Å². The Morgan fingerprint density at radius 3 is 2.52 bits per heavy atom. The molecule has 0 saturated carbocycles. The van der Waals surface area contributed by atoms with Gasteiger partial charge in [0, 0.05) is 5.75 Å². The molecule has 8 heteroatoms. The first-order valence-electron chi connectivity index (χ1n) is 9.84. The first-order chi connectivity index (χ1) is 13.7. The van der Waals surface area contributed by atoms with Crippen molar-refractivity contribution >= 4 is 29.7 Å². The molecule has 1 heterocycles. The van der Waals surface area contributed by atoms with Crippen LogP contribution in [0.15, 0.2) is 30.3 Å². The number of nitrogens with zero attached hydrogens (tertiary/aromatic N) is 1. The van der Waals surface area contributed by atoms with E-state index in [0.717, 1.165) is 18.4 Å². The first-order valence-corrected chi connectivity index (χ1v) is 10.9. The molecule has 1 aromatic rings. The summed E-state index contributed by atoms with van der Waals surface area (Å²) >= 11 is 1.51. The van der Waals surface area contributed by atoms with Gasteiger partial charge in [-0.25, -0.2) is 9.59 Å². The molecule has 1 fully saturated rings. The molecule has 2 rings (SSSR count). The number of hydrogen-bond donors (Lipinski definition) is 1. The van der Waals surface area contributed by atoms with Crippen molar-refractivity contribution in [2.75, 3.05) is 18.9 Å².